The number of anilines is 2. The lowest BCUT2D eigenvalue weighted by molar-refractivity contribution is -0.129. The number of aryl methyl sites for hydroxylation is 2. The predicted molar refractivity (Wildman–Crippen MR) is 112 cm³/mol. The van der Waals surface area contributed by atoms with Crippen LogP contribution >= 0.6 is 0 Å². The van der Waals surface area contributed by atoms with Crippen molar-refractivity contribution >= 4 is 29.1 Å². The number of fused-ring (bicyclic) bond motifs is 3. The van der Waals surface area contributed by atoms with E-state index in [0.717, 1.165) is 11.1 Å². The third-order valence-electron chi connectivity index (χ3n) is 5.82. The fourth-order valence-corrected chi connectivity index (χ4v) is 4.50. The highest BCUT2D eigenvalue weighted by molar-refractivity contribution is 6.18. The van der Waals surface area contributed by atoms with E-state index < -0.39 is 5.66 Å². The zero-order valence-corrected chi connectivity index (χ0v) is 17.2. The van der Waals surface area contributed by atoms with Crippen molar-refractivity contribution in [1.29, 1.82) is 0 Å². The summed E-state index contributed by atoms with van der Waals surface area (Å²) >= 11 is 0. The van der Waals surface area contributed by atoms with E-state index in [-0.39, 0.29) is 36.6 Å². The summed E-state index contributed by atoms with van der Waals surface area (Å²) in [6.07, 6.45) is 0.478. The van der Waals surface area contributed by atoms with Gasteiger partial charge in [-0.1, -0.05) is 24.3 Å². The summed E-state index contributed by atoms with van der Waals surface area (Å²) in [5.41, 5.74) is 2.23. The lowest BCUT2D eigenvalue weighted by Crippen LogP contribution is -2.70. The summed E-state index contributed by atoms with van der Waals surface area (Å²) < 4.78 is 0. The zero-order chi connectivity index (χ0) is 20.9. The summed E-state index contributed by atoms with van der Waals surface area (Å²) in [4.78, 5) is 43.2. The Morgan fingerprint density at radius 1 is 1.10 bits per heavy atom. The van der Waals surface area contributed by atoms with E-state index in [4.69, 9.17) is 0 Å². The molecule has 2 aromatic rings. The van der Waals surface area contributed by atoms with Crippen molar-refractivity contribution in [2.45, 2.75) is 52.2 Å². The van der Waals surface area contributed by atoms with Gasteiger partial charge in [0.1, 0.15) is 0 Å². The van der Waals surface area contributed by atoms with Crippen LogP contribution in [0, 0.1) is 13.8 Å². The molecule has 6 nitrogen and oxygen atoms in total. The smallest absolute Gasteiger partial charge is 0.271 e. The molecule has 1 fully saturated rings. The first kappa shape index (κ1) is 19.2. The molecular weight excluding hydrogens is 366 g/mol. The molecule has 1 saturated heterocycles. The van der Waals surface area contributed by atoms with Crippen molar-refractivity contribution in [3.05, 3.63) is 59.2 Å². The number of para-hydroxylation sites is 1. The number of benzene rings is 2. The SMILES string of the molecule is Cc1ccc(C)c(NC(=O)[C@]23CCC(=O)N2c2ccccc2C(=O)N3C(C)C)c1. The molecule has 2 heterocycles. The van der Waals surface area contributed by atoms with Crippen LogP contribution in [0.1, 0.15) is 48.2 Å². The molecule has 2 aliphatic heterocycles. The van der Waals surface area contributed by atoms with Crippen LogP contribution in [-0.4, -0.2) is 34.3 Å². The van der Waals surface area contributed by atoms with Crippen LogP contribution < -0.4 is 10.2 Å². The molecule has 150 valence electrons. The van der Waals surface area contributed by atoms with Crippen molar-refractivity contribution in [3.63, 3.8) is 0 Å². The maximum absolute atomic E-state index is 13.8. The van der Waals surface area contributed by atoms with Crippen LogP contribution in [-0.2, 0) is 9.59 Å². The zero-order valence-electron chi connectivity index (χ0n) is 17.2. The van der Waals surface area contributed by atoms with Gasteiger partial charge in [0.25, 0.3) is 11.8 Å². The number of nitrogens with one attached hydrogen (secondary N) is 1. The molecule has 4 rings (SSSR count). The number of carbonyl (C=O) groups is 3. The topological polar surface area (TPSA) is 69.7 Å². The number of nitrogens with zero attached hydrogens (tertiary/aromatic N) is 2. The molecule has 3 amide bonds. The van der Waals surface area contributed by atoms with E-state index >= 15 is 0 Å². The van der Waals surface area contributed by atoms with Crippen LogP contribution in [0.5, 0.6) is 0 Å². The summed E-state index contributed by atoms with van der Waals surface area (Å²) in [6.45, 7) is 7.63. The summed E-state index contributed by atoms with van der Waals surface area (Å²) in [7, 11) is 0. The Kier molecular flexibility index (Phi) is 4.45. The van der Waals surface area contributed by atoms with Crippen LogP contribution in [0.3, 0.4) is 0 Å². The van der Waals surface area contributed by atoms with Gasteiger partial charge in [-0.15, -0.1) is 0 Å². The van der Waals surface area contributed by atoms with Crippen molar-refractivity contribution in [2.75, 3.05) is 10.2 Å². The minimum atomic E-state index is -1.37. The largest absolute Gasteiger partial charge is 0.322 e. The maximum atomic E-state index is 13.8. The molecule has 0 aromatic heterocycles. The second-order valence-electron chi connectivity index (χ2n) is 8.10. The van der Waals surface area contributed by atoms with Gasteiger partial charge in [-0.25, -0.2) is 0 Å². The highest BCUT2D eigenvalue weighted by atomic mass is 16.2. The standard InChI is InChI=1S/C23H25N3O3/c1-14(2)25-21(28)17-7-5-6-8-19(17)26-20(27)11-12-23(25,26)22(29)24-18-13-15(3)9-10-16(18)4/h5-10,13-14H,11-12H2,1-4H3,(H,24,29)/t23-/m0/s1. The van der Waals surface area contributed by atoms with E-state index in [1.165, 1.54) is 4.90 Å². The van der Waals surface area contributed by atoms with Gasteiger partial charge >= 0.3 is 0 Å². The van der Waals surface area contributed by atoms with Crippen LogP contribution in [0.4, 0.5) is 11.4 Å². The molecule has 2 aromatic carbocycles. The Labute approximate surface area is 170 Å². The first-order valence-electron chi connectivity index (χ1n) is 9.92. The van der Waals surface area contributed by atoms with Gasteiger partial charge in [-0.2, -0.15) is 0 Å². The van der Waals surface area contributed by atoms with Crippen molar-refractivity contribution in [1.82, 2.24) is 4.90 Å². The molecular formula is C23H25N3O3. The first-order chi connectivity index (χ1) is 13.8. The quantitative estimate of drug-likeness (QED) is 0.869. The molecule has 1 N–H and O–H groups in total. The maximum Gasteiger partial charge on any atom is 0.271 e. The van der Waals surface area contributed by atoms with Crippen LogP contribution in [0.25, 0.3) is 0 Å². The van der Waals surface area contributed by atoms with Crippen molar-refractivity contribution in [3.8, 4) is 0 Å². The lowest BCUT2D eigenvalue weighted by Gasteiger charge is -2.50. The minimum absolute atomic E-state index is 0.147. The predicted octanol–water partition coefficient (Wildman–Crippen LogP) is 3.63. The number of hydrogen-bond acceptors (Lipinski definition) is 3. The van der Waals surface area contributed by atoms with Gasteiger partial charge in [-0.05, 0) is 57.0 Å². The summed E-state index contributed by atoms with van der Waals surface area (Å²) in [5, 5.41) is 3.01. The summed E-state index contributed by atoms with van der Waals surface area (Å²) in [5.74, 6) is -0.724. The highest BCUT2D eigenvalue weighted by Gasteiger charge is 2.61. The van der Waals surface area contributed by atoms with Gasteiger partial charge < -0.3 is 10.2 Å². The van der Waals surface area contributed by atoms with E-state index in [2.05, 4.69) is 5.32 Å². The van der Waals surface area contributed by atoms with Crippen molar-refractivity contribution < 1.29 is 14.4 Å². The van der Waals surface area contributed by atoms with Gasteiger partial charge in [0, 0.05) is 24.6 Å². The van der Waals surface area contributed by atoms with E-state index in [1.54, 1.807) is 29.2 Å². The Hall–Kier alpha value is -3.15. The average molecular weight is 391 g/mol. The summed E-state index contributed by atoms with van der Waals surface area (Å²) in [6, 6.07) is 12.6. The molecule has 2 aliphatic rings. The number of rotatable bonds is 3. The molecule has 1 atom stereocenters. The van der Waals surface area contributed by atoms with Crippen LogP contribution in [0.2, 0.25) is 0 Å². The molecule has 0 radical (unpaired) electrons. The fourth-order valence-electron chi connectivity index (χ4n) is 4.50. The Morgan fingerprint density at radius 3 is 2.55 bits per heavy atom. The van der Waals surface area contributed by atoms with E-state index in [1.807, 2.05) is 45.9 Å². The van der Waals surface area contributed by atoms with E-state index in [9.17, 15) is 14.4 Å². The lowest BCUT2D eigenvalue weighted by atomic mass is 9.93. The van der Waals surface area contributed by atoms with Crippen LogP contribution in [0.15, 0.2) is 42.5 Å². The molecule has 6 heteroatoms. The van der Waals surface area contributed by atoms with Gasteiger partial charge in [0.15, 0.2) is 0 Å². The highest BCUT2D eigenvalue weighted by Crippen LogP contribution is 2.46. The Balaban J connectivity index is 1.88. The molecule has 0 aliphatic carbocycles. The van der Waals surface area contributed by atoms with Gasteiger partial charge in [-0.3, -0.25) is 19.3 Å². The second-order valence-corrected chi connectivity index (χ2v) is 8.10. The van der Waals surface area contributed by atoms with Crippen molar-refractivity contribution in [2.24, 2.45) is 0 Å². The molecule has 0 saturated carbocycles. The molecule has 0 bridgehead atoms. The number of hydrogen-bond donors (Lipinski definition) is 1. The molecule has 0 spiro atoms. The molecule has 29 heavy (non-hydrogen) atoms. The first-order valence-corrected chi connectivity index (χ1v) is 9.92. The fraction of sp³-hybridized carbons (Fsp3) is 0.348. The third-order valence-corrected chi connectivity index (χ3v) is 5.82. The molecule has 0 unspecified atom stereocenters. The van der Waals surface area contributed by atoms with E-state index in [0.29, 0.717) is 16.9 Å². The van der Waals surface area contributed by atoms with Gasteiger partial charge in [0.2, 0.25) is 11.6 Å². The Morgan fingerprint density at radius 2 is 1.83 bits per heavy atom. The monoisotopic (exact) mass is 391 g/mol. The number of amides is 3. The average Bonchev–Trinajstić information content (AvgIpc) is 3.03. The third kappa shape index (κ3) is 2.74. The minimum Gasteiger partial charge on any atom is -0.322 e. The Bertz CT molecular complexity index is 1030. The normalized spacial score (nSPS) is 20.7. The van der Waals surface area contributed by atoms with Gasteiger partial charge in [0.05, 0.1) is 11.3 Å². The number of carbonyl (C=O) groups excluding carboxylic acids is 3. The second kappa shape index (κ2) is 6.72.